The van der Waals surface area contributed by atoms with Crippen LogP contribution in [0.3, 0.4) is 0 Å². The van der Waals surface area contributed by atoms with Crippen LogP contribution < -0.4 is 11.2 Å². The highest BCUT2D eigenvalue weighted by Crippen LogP contribution is 2.09. The van der Waals surface area contributed by atoms with Crippen LogP contribution in [0.1, 0.15) is 12.5 Å². The second-order valence-corrected chi connectivity index (χ2v) is 3.45. The Morgan fingerprint density at radius 2 is 1.88 bits per heavy atom. The third-order valence-electron chi connectivity index (χ3n) is 1.81. The highest BCUT2D eigenvalue weighted by atomic mass is 35.5. The summed E-state index contributed by atoms with van der Waals surface area (Å²) in [5, 5.41) is 4.33. The Hall–Kier alpha value is -1.88. The van der Waals surface area contributed by atoms with Crippen molar-refractivity contribution in [2.24, 2.45) is 10.8 Å². The molecule has 0 radical (unpaired) electrons. The van der Waals surface area contributed by atoms with E-state index in [-0.39, 0.29) is 0 Å². The van der Waals surface area contributed by atoms with Crippen LogP contribution in [0.5, 0.6) is 0 Å². The summed E-state index contributed by atoms with van der Waals surface area (Å²) in [4.78, 5) is 21.2. The Kier molecular flexibility index (Phi) is 4.02. The molecule has 1 rings (SSSR count). The molecule has 0 bridgehead atoms. The fraction of sp³-hybridized carbons (Fsp3) is 0.100. The van der Waals surface area contributed by atoms with Crippen molar-refractivity contribution in [3.63, 3.8) is 0 Å². The van der Waals surface area contributed by atoms with Crippen molar-refractivity contribution in [3.8, 4) is 0 Å². The number of amides is 2. The Morgan fingerprint density at radius 3 is 2.38 bits per heavy atom. The third-order valence-corrected chi connectivity index (χ3v) is 2.06. The molecule has 1 aromatic carbocycles. The first-order valence-electron chi connectivity index (χ1n) is 4.40. The Bertz CT molecular complexity index is 440. The van der Waals surface area contributed by atoms with Crippen molar-refractivity contribution in [1.29, 1.82) is 0 Å². The molecule has 2 amide bonds. The maximum absolute atomic E-state index is 10.8. The smallest absolute Gasteiger partial charge is 0.329 e. The van der Waals surface area contributed by atoms with Crippen molar-refractivity contribution in [3.05, 3.63) is 34.9 Å². The number of hydrogen-bond acceptors (Lipinski definition) is 3. The average molecular weight is 240 g/mol. The summed E-state index contributed by atoms with van der Waals surface area (Å²) in [5.74, 6) is -2.03. The molecular formula is C10H10ClN3O2. The van der Waals surface area contributed by atoms with Gasteiger partial charge in [0.2, 0.25) is 0 Å². The zero-order valence-electron chi connectivity index (χ0n) is 8.53. The van der Waals surface area contributed by atoms with E-state index < -0.39 is 11.8 Å². The van der Waals surface area contributed by atoms with E-state index in [0.29, 0.717) is 10.7 Å². The van der Waals surface area contributed by atoms with Crippen LogP contribution in [0.15, 0.2) is 29.4 Å². The minimum atomic E-state index is -1.08. The largest absolute Gasteiger partial charge is 0.361 e. The topological polar surface area (TPSA) is 84.6 Å². The van der Waals surface area contributed by atoms with Gasteiger partial charge < -0.3 is 5.73 Å². The van der Waals surface area contributed by atoms with Gasteiger partial charge in [0.25, 0.3) is 0 Å². The molecule has 0 spiro atoms. The number of benzene rings is 1. The number of carbonyl (C=O) groups is 2. The molecule has 6 heteroatoms. The van der Waals surface area contributed by atoms with E-state index in [0.717, 1.165) is 5.56 Å². The predicted octanol–water partition coefficient (Wildman–Crippen LogP) is 0.666. The van der Waals surface area contributed by atoms with Crippen LogP contribution in [0.4, 0.5) is 0 Å². The summed E-state index contributed by atoms with van der Waals surface area (Å²) in [6, 6.07) is 6.90. The lowest BCUT2D eigenvalue weighted by molar-refractivity contribution is -0.137. The molecule has 0 heterocycles. The van der Waals surface area contributed by atoms with E-state index in [2.05, 4.69) is 5.10 Å². The van der Waals surface area contributed by atoms with Crippen LogP contribution in [-0.4, -0.2) is 17.5 Å². The van der Waals surface area contributed by atoms with E-state index in [1.165, 1.54) is 0 Å². The molecule has 0 aromatic heterocycles. The lowest BCUT2D eigenvalue weighted by Crippen LogP contribution is -2.33. The molecule has 0 fully saturated rings. The molecule has 0 atom stereocenters. The van der Waals surface area contributed by atoms with Gasteiger partial charge >= 0.3 is 11.8 Å². The van der Waals surface area contributed by atoms with Gasteiger partial charge in [-0.15, -0.1) is 0 Å². The summed E-state index contributed by atoms with van der Waals surface area (Å²) < 4.78 is 0. The molecule has 1 aromatic rings. The van der Waals surface area contributed by atoms with Crippen LogP contribution >= 0.6 is 11.6 Å². The summed E-state index contributed by atoms with van der Waals surface area (Å²) >= 11 is 5.71. The fourth-order valence-electron chi connectivity index (χ4n) is 0.945. The maximum Gasteiger partial charge on any atom is 0.329 e. The monoisotopic (exact) mass is 239 g/mol. The number of nitrogens with one attached hydrogen (secondary N) is 1. The first-order chi connectivity index (χ1) is 7.50. The van der Waals surface area contributed by atoms with Gasteiger partial charge in [-0.1, -0.05) is 23.7 Å². The van der Waals surface area contributed by atoms with Crippen molar-refractivity contribution in [2.45, 2.75) is 6.92 Å². The number of halogens is 1. The molecule has 5 nitrogen and oxygen atoms in total. The highest BCUT2D eigenvalue weighted by molar-refractivity contribution is 6.34. The molecule has 0 aliphatic rings. The van der Waals surface area contributed by atoms with Gasteiger partial charge in [-0.05, 0) is 24.6 Å². The summed E-state index contributed by atoms with van der Waals surface area (Å²) in [6.07, 6.45) is 0. The van der Waals surface area contributed by atoms with Gasteiger partial charge in [-0.2, -0.15) is 5.10 Å². The van der Waals surface area contributed by atoms with E-state index in [1.807, 2.05) is 5.43 Å². The second kappa shape index (κ2) is 5.27. The number of hydrazone groups is 1. The Labute approximate surface area is 97.3 Å². The van der Waals surface area contributed by atoms with E-state index >= 15 is 0 Å². The van der Waals surface area contributed by atoms with Crippen molar-refractivity contribution in [2.75, 3.05) is 0 Å². The van der Waals surface area contributed by atoms with Gasteiger partial charge in [0.1, 0.15) is 0 Å². The van der Waals surface area contributed by atoms with Crippen LogP contribution in [0, 0.1) is 0 Å². The van der Waals surface area contributed by atoms with Crippen LogP contribution in [0.2, 0.25) is 5.02 Å². The zero-order valence-corrected chi connectivity index (χ0v) is 9.28. The standard InChI is InChI=1S/C10H10ClN3O2/c1-6(13-14-10(16)9(12)15)7-2-4-8(11)5-3-7/h2-5H,1H3,(H2,12,15)(H,14,16). The molecule has 3 N–H and O–H groups in total. The number of nitrogens with two attached hydrogens (primary N) is 1. The lowest BCUT2D eigenvalue weighted by Gasteiger charge is -2.01. The normalized spacial score (nSPS) is 11.0. The van der Waals surface area contributed by atoms with Gasteiger partial charge in [-0.3, -0.25) is 9.59 Å². The zero-order chi connectivity index (χ0) is 12.1. The summed E-state index contributed by atoms with van der Waals surface area (Å²) in [5.41, 5.74) is 8.11. The molecule has 0 aliphatic carbocycles. The van der Waals surface area contributed by atoms with Gasteiger partial charge in [-0.25, -0.2) is 5.43 Å². The lowest BCUT2D eigenvalue weighted by atomic mass is 10.1. The highest BCUT2D eigenvalue weighted by Gasteiger charge is 2.06. The summed E-state index contributed by atoms with van der Waals surface area (Å²) in [6.45, 7) is 1.69. The van der Waals surface area contributed by atoms with Crippen molar-refractivity contribution >= 4 is 29.1 Å². The number of nitrogens with zero attached hydrogens (tertiary/aromatic N) is 1. The first kappa shape index (κ1) is 12.2. The Morgan fingerprint density at radius 1 is 1.31 bits per heavy atom. The number of primary amides is 1. The molecule has 0 saturated heterocycles. The van der Waals surface area contributed by atoms with Gasteiger partial charge in [0.05, 0.1) is 5.71 Å². The van der Waals surface area contributed by atoms with Crippen LogP contribution in [0.25, 0.3) is 0 Å². The van der Waals surface area contributed by atoms with E-state index in [9.17, 15) is 9.59 Å². The fourth-order valence-corrected chi connectivity index (χ4v) is 1.07. The molecule has 0 aliphatic heterocycles. The minimum Gasteiger partial charge on any atom is -0.361 e. The van der Waals surface area contributed by atoms with Crippen LogP contribution in [-0.2, 0) is 9.59 Å². The summed E-state index contributed by atoms with van der Waals surface area (Å²) in [7, 11) is 0. The maximum atomic E-state index is 10.8. The predicted molar refractivity (Wildman–Crippen MR) is 61.0 cm³/mol. The van der Waals surface area contributed by atoms with Crippen molar-refractivity contribution < 1.29 is 9.59 Å². The molecule has 16 heavy (non-hydrogen) atoms. The molecule has 0 unspecified atom stereocenters. The molecular weight excluding hydrogens is 230 g/mol. The third kappa shape index (κ3) is 3.36. The minimum absolute atomic E-state index is 0.547. The first-order valence-corrected chi connectivity index (χ1v) is 4.78. The van der Waals surface area contributed by atoms with E-state index in [1.54, 1.807) is 31.2 Å². The van der Waals surface area contributed by atoms with E-state index in [4.69, 9.17) is 17.3 Å². The average Bonchev–Trinajstić information content (AvgIpc) is 2.26. The van der Waals surface area contributed by atoms with Gasteiger partial charge in [0, 0.05) is 5.02 Å². The van der Waals surface area contributed by atoms with Crippen molar-refractivity contribution in [1.82, 2.24) is 5.43 Å². The van der Waals surface area contributed by atoms with Gasteiger partial charge in [0.15, 0.2) is 0 Å². The molecule has 84 valence electrons. The number of carbonyl (C=O) groups excluding carboxylic acids is 2. The second-order valence-electron chi connectivity index (χ2n) is 3.01. The quantitative estimate of drug-likeness (QED) is 0.452. The SMILES string of the molecule is CC(=NNC(=O)C(N)=O)c1ccc(Cl)cc1. The Balaban J connectivity index is 2.74. The molecule has 0 saturated carbocycles. The number of rotatable bonds is 2. The number of hydrogen-bond donors (Lipinski definition) is 2.